The van der Waals surface area contributed by atoms with Crippen LogP contribution in [0.4, 0.5) is 4.79 Å². The van der Waals surface area contributed by atoms with Gasteiger partial charge in [-0.3, -0.25) is 4.79 Å². The second kappa shape index (κ2) is 7.45. The molecule has 0 saturated carbocycles. The number of alkyl carbamates (subject to hydrolysis) is 1. The van der Waals surface area contributed by atoms with Gasteiger partial charge in [-0.15, -0.1) is 0 Å². The molecule has 1 atom stereocenters. The van der Waals surface area contributed by atoms with Crippen molar-refractivity contribution in [2.75, 3.05) is 19.7 Å². The van der Waals surface area contributed by atoms with Crippen LogP contribution >= 0.6 is 15.9 Å². The van der Waals surface area contributed by atoms with Gasteiger partial charge in [0.2, 0.25) is 0 Å². The molecule has 0 radical (unpaired) electrons. The van der Waals surface area contributed by atoms with Gasteiger partial charge in [-0.2, -0.15) is 0 Å². The molecule has 0 aliphatic carbocycles. The topological polar surface area (TPSA) is 58.6 Å². The molecule has 0 unspecified atom stereocenters. The molecule has 114 valence electrons. The summed E-state index contributed by atoms with van der Waals surface area (Å²) in [4.78, 5) is 25.8. The smallest absolute Gasteiger partial charge is 0.407 e. The van der Waals surface area contributed by atoms with E-state index in [0.717, 1.165) is 17.3 Å². The lowest BCUT2D eigenvalue weighted by Gasteiger charge is -2.33. The standard InChI is InChI=1S/C15H19BrN2O3/c1-2-21-15(20)17-11-6-5-9-18(10-11)14(19)12-7-3-4-8-13(12)16/h3-4,7-8,11H,2,5-6,9-10H2,1H3,(H,17,20)/t11-/m1/s1. The molecular formula is C15H19BrN2O3. The van der Waals surface area contributed by atoms with E-state index >= 15 is 0 Å². The Morgan fingerprint density at radius 2 is 2.19 bits per heavy atom. The molecule has 6 heteroatoms. The predicted octanol–water partition coefficient (Wildman–Crippen LogP) is 2.80. The van der Waals surface area contributed by atoms with Crippen LogP contribution in [-0.2, 0) is 4.74 Å². The number of carbonyl (C=O) groups is 2. The van der Waals surface area contributed by atoms with Gasteiger partial charge in [-0.1, -0.05) is 12.1 Å². The van der Waals surface area contributed by atoms with Gasteiger partial charge in [0.15, 0.2) is 0 Å². The molecule has 1 heterocycles. The van der Waals surface area contributed by atoms with Crippen molar-refractivity contribution in [3.63, 3.8) is 0 Å². The van der Waals surface area contributed by atoms with E-state index < -0.39 is 6.09 Å². The molecule has 0 aromatic heterocycles. The van der Waals surface area contributed by atoms with Crippen LogP contribution in [-0.4, -0.2) is 42.6 Å². The monoisotopic (exact) mass is 354 g/mol. The maximum atomic E-state index is 12.5. The first-order valence-corrected chi connectivity index (χ1v) is 7.88. The molecule has 0 bridgehead atoms. The van der Waals surface area contributed by atoms with E-state index in [-0.39, 0.29) is 11.9 Å². The predicted molar refractivity (Wildman–Crippen MR) is 83.2 cm³/mol. The Bertz CT molecular complexity index is 521. The third kappa shape index (κ3) is 4.20. The highest BCUT2D eigenvalue weighted by molar-refractivity contribution is 9.10. The van der Waals surface area contributed by atoms with Crippen LogP contribution in [0.25, 0.3) is 0 Å². The fourth-order valence-corrected chi connectivity index (χ4v) is 2.88. The summed E-state index contributed by atoms with van der Waals surface area (Å²) >= 11 is 3.40. The second-order valence-corrected chi connectivity index (χ2v) is 5.79. The molecule has 2 amide bonds. The molecule has 1 fully saturated rings. The highest BCUT2D eigenvalue weighted by atomic mass is 79.9. The van der Waals surface area contributed by atoms with Crippen molar-refractivity contribution in [1.29, 1.82) is 0 Å². The van der Waals surface area contributed by atoms with Crippen LogP contribution in [0, 0.1) is 0 Å². The number of likely N-dealkylation sites (tertiary alicyclic amines) is 1. The Hall–Kier alpha value is -1.56. The molecule has 1 aromatic carbocycles. The summed E-state index contributed by atoms with van der Waals surface area (Å²) < 4.78 is 5.67. The van der Waals surface area contributed by atoms with Gasteiger partial charge in [-0.05, 0) is 47.8 Å². The first kappa shape index (κ1) is 15.8. The third-order valence-corrected chi connectivity index (χ3v) is 4.10. The van der Waals surface area contributed by atoms with Crippen LogP contribution in [0.1, 0.15) is 30.1 Å². The molecular weight excluding hydrogens is 336 g/mol. The zero-order valence-corrected chi connectivity index (χ0v) is 13.6. The minimum absolute atomic E-state index is 0.0159. The maximum Gasteiger partial charge on any atom is 0.407 e. The number of amides is 2. The summed E-state index contributed by atoms with van der Waals surface area (Å²) in [6.07, 6.45) is 1.31. The number of piperidine rings is 1. The van der Waals surface area contributed by atoms with E-state index in [1.807, 2.05) is 18.2 Å². The highest BCUT2D eigenvalue weighted by Gasteiger charge is 2.26. The Morgan fingerprint density at radius 3 is 2.90 bits per heavy atom. The summed E-state index contributed by atoms with van der Waals surface area (Å²) in [5.74, 6) is -0.0159. The van der Waals surface area contributed by atoms with Gasteiger partial charge in [-0.25, -0.2) is 4.79 Å². The normalized spacial score (nSPS) is 18.2. The van der Waals surface area contributed by atoms with E-state index in [4.69, 9.17) is 4.74 Å². The first-order valence-electron chi connectivity index (χ1n) is 7.09. The lowest BCUT2D eigenvalue weighted by molar-refractivity contribution is 0.0685. The van der Waals surface area contributed by atoms with Gasteiger partial charge in [0.1, 0.15) is 0 Å². The molecule has 1 aliphatic heterocycles. The summed E-state index contributed by atoms with van der Waals surface area (Å²) in [6, 6.07) is 7.32. The van der Waals surface area contributed by atoms with Gasteiger partial charge in [0, 0.05) is 23.6 Å². The van der Waals surface area contributed by atoms with Crippen LogP contribution in [0.15, 0.2) is 28.7 Å². The second-order valence-electron chi connectivity index (χ2n) is 4.93. The summed E-state index contributed by atoms with van der Waals surface area (Å²) in [6.45, 7) is 3.33. The molecule has 21 heavy (non-hydrogen) atoms. The first-order chi connectivity index (χ1) is 10.1. The number of nitrogens with one attached hydrogen (secondary N) is 1. The molecule has 1 aliphatic rings. The number of hydrogen-bond acceptors (Lipinski definition) is 3. The van der Waals surface area contributed by atoms with E-state index in [1.165, 1.54) is 0 Å². The Labute approximate surface area is 132 Å². The SMILES string of the molecule is CCOC(=O)N[C@@H]1CCCN(C(=O)c2ccccc2Br)C1. The van der Waals surface area contributed by atoms with Crippen molar-refractivity contribution < 1.29 is 14.3 Å². The van der Waals surface area contributed by atoms with Crippen molar-refractivity contribution in [3.8, 4) is 0 Å². The number of rotatable bonds is 3. The maximum absolute atomic E-state index is 12.5. The summed E-state index contributed by atoms with van der Waals surface area (Å²) in [5, 5.41) is 2.80. The highest BCUT2D eigenvalue weighted by Crippen LogP contribution is 2.20. The van der Waals surface area contributed by atoms with Crippen molar-refractivity contribution in [2.45, 2.75) is 25.8 Å². The van der Waals surface area contributed by atoms with E-state index in [1.54, 1.807) is 17.9 Å². The Kier molecular flexibility index (Phi) is 5.61. The van der Waals surface area contributed by atoms with Gasteiger partial charge in [0.05, 0.1) is 12.2 Å². The third-order valence-electron chi connectivity index (χ3n) is 3.41. The van der Waals surface area contributed by atoms with E-state index in [2.05, 4.69) is 21.2 Å². The molecule has 1 N–H and O–H groups in total. The fourth-order valence-electron chi connectivity index (χ4n) is 2.42. The zero-order valence-electron chi connectivity index (χ0n) is 12.0. The van der Waals surface area contributed by atoms with Crippen molar-refractivity contribution in [3.05, 3.63) is 34.3 Å². The lowest BCUT2D eigenvalue weighted by atomic mass is 10.0. The Balaban J connectivity index is 1.99. The molecule has 2 rings (SSSR count). The number of halogens is 1. The van der Waals surface area contributed by atoms with Gasteiger partial charge < -0.3 is 15.0 Å². The number of hydrogen-bond donors (Lipinski definition) is 1. The van der Waals surface area contributed by atoms with Crippen molar-refractivity contribution >= 4 is 27.9 Å². The van der Waals surface area contributed by atoms with Gasteiger partial charge >= 0.3 is 6.09 Å². The summed E-state index contributed by atoms with van der Waals surface area (Å²) in [7, 11) is 0. The van der Waals surface area contributed by atoms with Crippen LogP contribution in [0.2, 0.25) is 0 Å². The van der Waals surface area contributed by atoms with Crippen LogP contribution in [0.3, 0.4) is 0 Å². The molecule has 5 nitrogen and oxygen atoms in total. The Morgan fingerprint density at radius 1 is 1.43 bits per heavy atom. The average molecular weight is 355 g/mol. The zero-order chi connectivity index (χ0) is 15.2. The van der Waals surface area contributed by atoms with E-state index in [0.29, 0.717) is 25.3 Å². The van der Waals surface area contributed by atoms with Crippen molar-refractivity contribution in [1.82, 2.24) is 10.2 Å². The van der Waals surface area contributed by atoms with E-state index in [9.17, 15) is 9.59 Å². The lowest BCUT2D eigenvalue weighted by Crippen LogP contribution is -2.49. The quantitative estimate of drug-likeness (QED) is 0.907. The molecule has 0 spiro atoms. The minimum atomic E-state index is -0.419. The van der Waals surface area contributed by atoms with Crippen LogP contribution < -0.4 is 5.32 Å². The molecule has 1 aromatic rings. The largest absolute Gasteiger partial charge is 0.450 e. The number of benzene rings is 1. The summed E-state index contributed by atoms with van der Waals surface area (Å²) in [5.41, 5.74) is 0.647. The number of carbonyl (C=O) groups excluding carboxylic acids is 2. The number of nitrogens with zero attached hydrogens (tertiary/aromatic N) is 1. The van der Waals surface area contributed by atoms with Crippen molar-refractivity contribution in [2.24, 2.45) is 0 Å². The average Bonchev–Trinajstić information content (AvgIpc) is 2.47. The fraction of sp³-hybridized carbons (Fsp3) is 0.467. The minimum Gasteiger partial charge on any atom is -0.450 e. The number of ether oxygens (including phenoxy) is 1. The van der Waals surface area contributed by atoms with Gasteiger partial charge in [0.25, 0.3) is 5.91 Å². The van der Waals surface area contributed by atoms with Crippen LogP contribution in [0.5, 0.6) is 0 Å². The molecule has 1 saturated heterocycles.